The number of carboxylic acid groups (broad SMARTS) is 1. The zero-order valence-electron chi connectivity index (χ0n) is 22.4. The van der Waals surface area contributed by atoms with Crippen molar-refractivity contribution in [3.63, 3.8) is 0 Å². The van der Waals surface area contributed by atoms with E-state index in [0.717, 1.165) is 11.1 Å². The van der Waals surface area contributed by atoms with Crippen molar-refractivity contribution in [2.24, 2.45) is 0 Å². The van der Waals surface area contributed by atoms with Crippen LogP contribution in [0.5, 0.6) is 5.75 Å². The Labute approximate surface area is 233 Å². The lowest BCUT2D eigenvalue weighted by molar-refractivity contribution is -0.189. The molecule has 2 aromatic rings. The number of fused-ring (bicyclic) bond motifs is 1. The monoisotopic (exact) mass is 547 g/mol. The number of ether oxygens (including phenoxy) is 1. The Morgan fingerprint density at radius 3 is 2.48 bits per heavy atom. The van der Waals surface area contributed by atoms with Gasteiger partial charge in [0.1, 0.15) is 18.0 Å². The largest absolute Gasteiger partial charge is 0.497 e. The van der Waals surface area contributed by atoms with Gasteiger partial charge in [-0.1, -0.05) is 48.4 Å². The molecule has 210 valence electrons. The molecule has 0 spiro atoms. The van der Waals surface area contributed by atoms with Gasteiger partial charge in [0.05, 0.1) is 26.7 Å². The summed E-state index contributed by atoms with van der Waals surface area (Å²) in [6, 6.07) is 15.4. The van der Waals surface area contributed by atoms with Gasteiger partial charge in [0.15, 0.2) is 0 Å². The molecule has 2 fully saturated rings. The number of rotatable bonds is 10. The number of piperazine rings is 1. The number of hydrazine groups is 1. The number of benzene rings is 2. The maximum Gasteiger partial charge on any atom is 0.334 e. The van der Waals surface area contributed by atoms with Crippen LogP contribution in [0, 0.1) is 12.3 Å². The summed E-state index contributed by atoms with van der Waals surface area (Å²) < 4.78 is 5.21. The van der Waals surface area contributed by atoms with Crippen molar-refractivity contribution in [1.29, 1.82) is 0 Å². The summed E-state index contributed by atoms with van der Waals surface area (Å²) in [6.07, 6.45) is 4.89. The van der Waals surface area contributed by atoms with Crippen LogP contribution in [0.2, 0.25) is 0 Å². The lowest BCUT2D eigenvalue weighted by Gasteiger charge is -2.54. The van der Waals surface area contributed by atoms with Gasteiger partial charge in [0.2, 0.25) is 11.8 Å². The van der Waals surface area contributed by atoms with Crippen molar-refractivity contribution in [3.8, 4) is 18.1 Å². The van der Waals surface area contributed by atoms with Crippen molar-refractivity contribution < 1.29 is 29.0 Å². The highest BCUT2D eigenvalue weighted by Gasteiger charge is 2.51. The molecule has 40 heavy (non-hydrogen) atoms. The molecule has 4 amide bonds. The lowest BCUT2D eigenvalue weighted by Crippen LogP contribution is -2.76. The van der Waals surface area contributed by atoms with Crippen LogP contribution in [0.4, 0.5) is 4.79 Å². The van der Waals surface area contributed by atoms with Crippen LogP contribution >= 0.6 is 0 Å². The quantitative estimate of drug-likeness (QED) is 0.433. The van der Waals surface area contributed by atoms with Gasteiger partial charge in [0.25, 0.3) is 0 Å². The van der Waals surface area contributed by atoms with E-state index in [-0.39, 0.29) is 50.8 Å². The van der Waals surface area contributed by atoms with Crippen LogP contribution in [0.15, 0.2) is 54.6 Å². The highest BCUT2D eigenvalue weighted by atomic mass is 16.5. The van der Waals surface area contributed by atoms with E-state index in [4.69, 9.17) is 11.2 Å². The Hall–Kier alpha value is -4.56. The Morgan fingerprint density at radius 1 is 1.10 bits per heavy atom. The number of nitrogens with zero attached hydrogens (tertiary/aromatic N) is 4. The zero-order chi connectivity index (χ0) is 28.6. The number of hydrogen-bond acceptors (Lipinski definition) is 6. The second kappa shape index (κ2) is 13.0. The van der Waals surface area contributed by atoms with Crippen LogP contribution in [0.1, 0.15) is 24.0 Å². The van der Waals surface area contributed by atoms with Crippen LogP contribution in [0.25, 0.3) is 0 Å². The van der Waals surface area contributed by atoms with Gasteiger partial charge in [-0.15, -0.1) is 6.42 Å². The molecular weight excluding hydrogens is 514 g/mol. The predicted octanol–water partition coefficient (Wildman–Crippen LogP) is 1.54. The summed E-state index contributed by atoms with van der Waals surface area (Å²) in [4.78, 5) is 54.9. The highest BCUT2D eigenvalue weighted by Crippen LogP contribution is 2.29. The van der Waals surface area contributed by atoms with Crippen LogP contribution in [0.3, 0.4) is 0 Å². The molecule has 0 saturated carbocycles. The maximum atomic E-state index is 13.6. The number of terminal acetylenes is 1. The van der Waals surface area contributed by atoms with E-state index < -0.39 is 24.2 Å². The summed E-state index contributed by atoms with van der Waals surface area (Å²) in [5.41, 5.74) is 1.87. The molecule has 0 aromatic heterocycles. The van der Waals surface area contributed by atoms with Gasteiger partial charge in [-0.2, -0.15) is 5.01 Å². The minimum atomic E-state index is -1.07. The van der Waals surface area contributed by atoms with Crippen LogP contribution in [-0.2, 0) is 27.3 Å². The first-order chi connectivity index (χ1) is 19.3. The maximum absolute atomic E-state index is 13.6. The topological polar surface area (TPSA) is 123 Å². The van der Waals surface area contributed by atoms with E-state index in [2.05, 4.69) is 11.2 Å². The van der Waals surface area contributed by atoms with E-state index in [0.29, 0.717) is 18.7 Å². The molecule has 2 aliphatic heterocycles. The summed E-state index contributed by atoms with van der Waals surface area (Å²) in [5.74, 6) is 1.43. The molecule has 4 rings (SSSR count). The van der Waals surface area contributed by atoms with Crippen molar-refractivity contribution in [3.05, 3.63) is 65.7 Å². The highest BCUT2D eigenvalue weighted by molar-refractivity contribution is 5.91. The predicted molar refractivity (Wildman–Crippen MR) is 145 cm³/mol. The smallest absolute Gasteiger partial charge is 0.334 e. The lowest BCUT2D eigenvalue weighted by atomic mass is 10.0. The summed E-state index contributed by atoms with van der Waals surface area (Å²) >= 11 is 0. The summed E-state index contributed by atoms with van der Waals surface area (Å²) in [6.45, 7) is 0.436. The Bertz CT molecular complexity index is 1260. The Morgan fingerprint density at radius 2 is 1.82 bits per heavy atom. The normalized spacial score (nSPS) is 19.1. The molecule has 2 aliphatic rings. The number of carbonyl (C=O) groups is 4. The van der Waals surface area contributed by atoms with Crippen molar-refractivity contribution in [2.75, 3.05) is 33.3 Å². The van der Waals surface area contributed by atoms with Gasteiger partial charge in [-0.3, -0.25) is 14.4 Å². The number of carboxylic acids is 1. The third kappa shape index (κ3) is 6.52. The van der Waals surface area contributed by atoms with Gasteiger partial charge in [-0.25, -0.2) is 9.80 Å². The second-order valence-corrected chi connectivity index (χ2v) is 9.63. The number of urea groups is 1. The molecule has 11 nitrogen and oxygen atoms in total. The first kappa shape index (κ1) is 28.4. The van der Waals surface area contributed by atoms with Gasteiger partial charge < -0.3 is 25.0 Å². The van der Waals surface area contributed by atoms with E-state index >= 15 is 0 Å². The average Bonchev–Trinajstić information content (AvgIpc) is 2.95. The molecule has 2 saturated heterocycles. The number of carbonyl (C=O) groups excluding carboxylic acids is 3. The minimum Gasteiger partial charge on any atom is -0.497 e. The molecule has 11 heteroatoms. The van der Waals surface area contributed by atoms with E-state index in [1.165, 1.54) is 14.9 Å². The van der Waals surface area contributed by atoms with E-state index in [9.17, 15) is 24.3 Å². The van der Waals surface area contributed by atoms with E-state index in [1.807, 2.05) is 54.6 Å². The van der Waals surface area contributed by atoms with Gasteiger partial charge in [0, 0.05) is 19.5 Å². The third-order valence-corrected chi connectivity index (χ3v) is 7.06. The van der Waals surface area contributed by atoms with E-state index in [1.54, 1.807) is 12.0 Å². The third-order valence-electron chi connectivity index (χ3n) is 7.06. The SMILES string of the molecule is C#CCN1CC(=O)N2C(CCC(=O)O)C(=O)N(CCc3ccc(OC)cc3)C[C@@H]2N1C(=O)NCc1ccccc1. The fourth-order valence-corrected chi connectivity index (χ4v) is 5.09. The minimum absolute atomic E-state index is 0.00836. The first-order valence-corrected chi connectivity index (χ1v) is 13.1. The molecule has 0 aliphatic carbocycles. The van der Waals surface area contributed by atoms with Gasteiger partial charge in [-0.05, 0) is 36.1 Å². The Balaban J connectivity index is 1.60. The number of aliphatic carboxylic acids is 1. The molecule has 2 atom stereocenters. The van der Waals surface area contributed by atoms with Crippen molar-refractivity contribution >= 4 is 23.8 Å². The standard InChI is InChI=1S/C29H33N5O6/c1-3-16-32-20-26(35)33-24(13-14-27(36)37)28(38)31(17-15-21-9-11-23(40-2)12-10-21)19-25(33)34(32)29(39)30-18-22-7-5-4-6-8-22/h1,4-12,24-25H,13-20H2,2H3,(H,30,39)(H,36,37)/t24?,25-/m0/s1. The van der Waals surface area contributed by atoms with Crippen molar-refractivity contribution in [1.82, 2.24) is 25.1 Å². The number of hydrogen-bond donors (Lipinski definition) is 2. The number of nitrogens with one attached hydrogen (secondary N) is 1. The molecule has 2 N–H and O–H groups in total. The fraction of sp³-hybridized carbons (Fsp3) is 0.379. The molecule has 2 heterocycles. The number of amides is 4. The molecule has 0 radical (unpaired) electrons. The molecular formula is C29H33N5O6. The Kier molecular flexibility index (Phi) is 9.24. The summed E-state index contributed by atoms with van der Waals surface area (Å²) in [5, 5.41) is 15.1. The van der Waals surface area contributed by atoms with Crippen LogP contribution in [-0.4, -0.2) is 94.2 Å². The second-order valence-electron chi connectivity index (χ2n) is 9.63. The van der Waals surface area contributed by atoms with Crippen molar-refractivity contribution in [2.45, 2.75) is 38.0 Å². The summed E-state index contributed by atoms with van der Waals surface area (Å²) in [7, 11) is 1.58. The molecule has 1 unspecified atom stereocenters. The van der Waals surface area contributed by atoms with Crippen LogP contribution < -0.4 is 10.1 Å². The molecule has 0 bridgehead atoms. The van der Waals surface area contributed by atoms with Gasteiger partial charge >= 0.3 is 12.0 Å². The fourth-order valence-electron chi connectivity index (χ4n) is 5.09. The molecule has 2 aromatic carbocycles. The zero-order valence-corrected chi connectivity index (χ0v) is 22.4. The number of methoxy groups -OCH3 is 1. The average molecular weight is 548 g/mol. The first-order valence-electron chi connectivity index (χ1n) is 13.1.